The van der Waals surface area contributed by atoms with Gasteiger partial charge in [-0.2, -0.15) is 0 Å². The van der Waals surface area contributed by atoms with Gasteiger partial charge in [-0.3, -0.25) is 10.1 Å². The summed E-state index contributed by atoms with van der Waals surface area (Å²) in [6, 6.07) is 4.57. The van der Waals surface area contributed by atoms with Gasteiger partial charge in [0.1, 0.15) is 0 Å². The first-order chi connectivity index (χ1) is 9.56. The van der Waals surface area contributed by atoms with Crippen molar-refractivity contribution in [3.05, 3.63) is 38.9 Å². The van der Waals surface area contributed by atoms with Gasteiger partial charge < -0.3 is 10.4 Å². The minimum atomic E-state index is -0.398. The van der Waals surface area contributed by atoms with Crippen LogP contribution in [0.15, 0.2) is 18.2 Å². The zero-order valence-corrected chi connectivity index (χ0v) is 12.0. The average Bonchev–Trinajstić information content (AvgIpc) is 2.88. The smallest absolute Gasteiger partial charge is 0.273 e. The molecule has 1 saturated carbocycles. The lowest BCUT2D eigenvalue weighted by Gasteiger charge is -2.26. The van der Waals surface area contributed by atoms with Crippen LogP contribution in [0.4, 0.5) is 5.69 Å². The van der Waals surface area contributed by atoms with E-state index in [1.54, 1.807) is 6.07 Å². The third-order valence-electron chi connectivity index (χ3n) is 4.05. The number of nitro groups is 1. The molecule has 2 rings (SSSR count). The maximum atomic E-state index is 11.0. The van der Waals surface area contributed by atoms with Crippen molar-refractivity contribution in [2.45, 2.75) is 32.2 Å². The van der Waals surface area contributed by atoms with Gasteiger partial charge in [0.2, 0.25) is 0 Å². The molecule has 1 aromatic carbocycles. The lowest BCUT2D eigenvalue weighted by Crippen LogP contribution is -2.34. The summed E-state index contributed by atoms with van der Waals surface area (Å²) < 4.78 is 0. The van der Waals surface area contributed by atoms with E-state index in [0.717, 1.165) is 25.7 Å². The minimum Gasteiger partial charge on any atom is -0.396 e. The summed E-state index contributed by atoms with van der Waals surface area (Å²) in [6.45, 7) is 1.23. The van der Waals surface area contributed by atoms with Crippen LogP contribution in [0.25, 0.3) is 0 Å². The minimum absolute atomic E-state index is 0.0621. The number of nitrogens with one attached hydrogen (secondary N) is 1. The average molecular weight is 299 g/mol. The zero-order chi connectivity index (χ0) is 14.6. The number of benzene rings is 1. The van der Waals surface area contributed by atoms with E-state index in [-0.39, 0.29) is 17.7 Å². The fourth-order valence-corrected chi connectivity index (χ4v) is 3.05. The third-order valence-corrected chi connectivity index (χ3v) is 4.29. The fourth-order valence-electron chi connectivity index (χ4n) is 2.85. The Bertz CT molecular complexity index is 487. The quantitative estimate of drug-likeness (QED) is 0.625. The second-order valence-electron chi connectivity index (χ2n) is 5.50. The van der Waals surface area contributed by atoms with Crippen molar-refractivity contribution in [2.75, 3.05) is 13.2 Å². The molecule has 0 heterocycles. The molecule has 0 saturated heterocycles. The van der Waals surface area contributed by atoms with E-state index in [1.165, 1.54) is 12.1 Å². The summed E-state index contributed by atoms with van der Waals surface area (Å²) in [5.74, 6) is 0. The Morgan fingerprint density at radius 2 is 2.10 bits per heavy atom. The molecule has 0 bridgehead atoms. The number of aliphatic hydroxyl groups excluding tert-OH is 1. The highest BCUT2D eigenvalue weighted by Crippen LogP contribution is 2.37. The number of hydrogen-bond donors (Lipinski definition) is 2. The van der Waals surface area contributed by atoms with E-state index in [9.17, 15) is 15.2 Å². The molecule has 1 aliphatic carbocycles. The van der Waals surface area contributed by atoms with E-state index in [2.05, 4.69) is 5.32 Å². The molecule has 0 atom stereocenters. The molecular weight excluding hydrogens is 280 g/mol. The molecule has 0 spiro atoms. The SMILES string of the molecule is O=[N+]([O-])c1ccc(Cl)cc1CNCC1(CO)CCCC1. The Hall–Kier alpha value is -1.17. The molecule has 0 radical (unpaired) electrons. The standard InChI is InChI=1S/C14H19ClN2O3/c15-12-3-4-13(17(19)20)11(7-12)8-16-9-14(10-18)5-1-2-6-14/h3-4,7,16,18H,1-2,5-6,8-10H2. The van der Waals surface area contributed by atoms with Crippen LogP contribution in [0, 0.1) is 15.5 Å². The number of rotatable bonds is 6. The summed E-state index contributed by atoms with van der Waals surface area (Å²) in [6.07, 6.45) is 4.29. The van der Waals surface area contributed by atoms with Crippen molar-refractivity contribution in [2.24, 2.45) is 5.41 Å². The van der Waals surface area contributed by atoms with Gasteiger partial charge in [0.25, 0.3) is 5.69 Å². The molecular formula is C14H19ClN2O3. The molecule has 110 valence electrons. The second kappa shape index (κ2) is 6.52. The van der Waals surface area contributed by atoms with Crippen LogP contribution in [0.3, 0.4) is 0 Å². The summed E-state index contributed by atoms with van der Waals surface area (Å²) >= 11 is 5.89. The van der Waals surface area contributed by atoms with E-state index in [4.69, 9.17) is 11.6 Å². The number of nitro benzene ring substituents is 1. The van der Waals surface area contributed by atoms with Crippen molar-refractivity contribution < 1.29 is 10.0 Å². The van der Waals surface area contributed by atoms with Gasteiger partial charge in [0.15, 0.2) is 0 Å². The van der Waals surface area contributed by atoms with Gasteiger partial charge >= 0.3 is 0 Å². The normalized spacial score (nSPS) is 17.3. The topological polar surface area (TPSA) is 75.4 Å². The van der Waals surface area contributed by atoms with Crippen molar-refractivity contribution in [1.29, 1.82) is 0 Å². The Balaban J connectivity index is 2.00. The summed E-state index contributed by atoms with van der Waals surface area (Å²) in [5, 5.41) is 24.2. The van der Waals surface area contributed by atoms with Crippen LogP contribution in [0.5, 0.6) is 0 Å². The van der Waals surface area contributed by atoms with Gasteiger partial charge in [-0.25, -0.2) is 0 Å². The highest BCUT2D eigenvalue weighted by atomic mass is 35.5. The molecule has 1 aliphatic rings. The molecule has 0 aromatic heterocycles. The lowest BCUT2D eigenvalue weighted by atomic mass is 9.87. The van der Waals surface area contributed by atoms with Crippen molar-refractivity contribution in [3.63, 3.8) is 0 Å². The molecule has 0 aliphatic heterocycles. The highest BCUT2D eigenvalue weighted by molar-refractivity contribution is 6.30. The predicted molar refractivity (Wildman–Crippen MR) is 77.8 cm³/mol. The van der Waals surface area contributed by atoms with Crippen LogP contribution in [0.1, 0.15) is 31.2 Å². The van der Waals surface area contributed by atoms with E-state index >= 15 is 0 Å². The first-order valence-electron chi connectivity index (χ1n) is 6.81. The van der Waals surface area contributed by atoms with E-state index < -0.39 is 4.92 Å². The molecule has 5 nitrogen and oxygen atoms in total. The maximum Gasteiger partial charge on any atom is 0.273 e. The molecule has 1 aromatic rings. The van der Waals surface area contributed by atoms with Crippen LogP contribution in [0.2, 0.25) is 5.02 Å². The molecule has 0 amide bonds. The van der Waals surface area contributed by atoms with Crippen molar-refractivity contribution in [3.8, 4) is 0 Å². The first kappa shape index (κ1) is 15.2. The van der Waals surface area contributed by atoms with E-state index in [1.807, 2.05) is 0 Å². The molecule has 2 N–H and O–H groups in total. The Labute approximate surface area is 123 Å². The summed E-state index contributed by atoms with van der Waals surface area (Å²) in [7, 11) is 0. The monoisotopic (exact) mass is 298 g/mol. The van der Waals surface area contributed by atoms with Gasteiger partial charge in [0, 0.05) is 41.8 Å². The summed E-state index contributed by atoms with van der Waals surface area (Å²) in [5.41, 5.74) is 0.591. The van der Waals surface area contributed by atoms with Crippen LogP contribution in [-0.2, 0) is 6.54 Å². The second-order valence-corrected chi connectivity index (χ2v) is 5.94. The van der Waals surface area contributed by atoms with Crippen molar-refractivity contribution >= 4 is 17.3 Å². The van der Waals surface area contributed by atoms with Gasteiger partial charge in [-0.1, -0.05) is 24.4 Å². The molecule has 1 fully saturated rings. The van der Waals surface area contributed by atoms with Gasteiger partial charge in [0.05, 0.1) is 4.92 Å². The van der Waals surface area contributed by atoms with Crippen molar-refractivity contribution in [1.82, 2.24) is 5.32 Å². The first-order valence-corrected chi connectivity index (χ1v) is 7.18. The van der Waals surface area contributed by atoms with Crippen LogP contribution >= 0.6 is 11.6 Å². The highest BCUT2D eigenvalue weighted by Gasteiger charge is 2.32. The van der Waals surface area contributed by atoms with Gasteiger partial charge in [-0.05, 0) is 25.0 Å². The number of nitrogens with zero attached hydrogens (tertiary/aromatic N) is 1. The Kier molecular flexibility index (Phi) is 4.96. The van der Waals surface area contributed by atoms with Crippen LogP contribution in [-0.4, -0.2) is 23.2 Å². The summed E-state index contributed by atoms with van der Waals surface area (Å²) in [4.78, 5) is 10.6. The lowest BCUT2D eigenvalue weighted by molar-refractivity contribution is -0.385. The largest absolute Gasteiger partial charge is 0.396 e. The Morgan fingerprint density at radius 3 is 2.70 bits per heavy atom. The number of aliphatic hydroxyl groups is 1. The third kappa shape index (κ3) is 3.48. The fraction of sp³-hybridized carbons (Fsp3) is 0.571. The maximum absolute atomic E-state index is 11.0. The zero-order valence-electron chi connectivity index (χ0n) is 11.3. The molecule has 6 heteroatoms. The Morgan fingerprint density at radius 1 is 1.40 bits per heavy atom. The van der Waals surface area contributed by atoms with Gasteiger partial charge in [-0.15, -0.1) is 0 Å². The molecule has 20 heavy (non-hydrogen) atoms. The van der Waals surface area contributed by atoms with Crippen LogP contribution < -0.4 is 5.32 Å². The number of halogens is 1. The number of hydrogen-bond acceptors (Lipinski definition) is 4. The predicted octanol–water partition coefficient (Wildman–Crippen LogP) is 2.89. The molecule has 0 unspecified atom stereocenters. The van der Waals surface area contributed by atoms with E-state index in [0.29, 0.717) is 23.7 Å².